The van der Waals surface area contributed by atoms with Crippen LogP contribution >= 0.6 is 11.6 Å². The molecule has 0 N–H and O–H groups in total. The van der Waals surface area contributed by atoms with Gasteiger partial charge in [0.1, 0.15) is 17.1 Å². The molecule has 4 nitrogen and oxygen atoms in total. The highest BCUT2D eigenvalue weighted by Gasteiger charge is 2.22. The lowest BCUT2D eigenvalue weighted by Crippen LogP contribution is -2.22. The third kappa shape index (κ3) is 2.87. The van der Waals surface area contributed by atoms with Gasteiger partial charge in [0, 0.05) is 6.61 Å². The first-order chi connectivity index (χ1) is 10.3. The lowest BCUT2D eigenvalue weighted by atomic mass is 10.1. The third-order valence-electron chi connectivity index (χ3n) is 3.84. The molecule has 1 fully saturated rings. The molecule has 3 rings (SSSR count). The average Bonchev–Trinajstić information content (AvgIpc) is 2.92. The molecule has 1 saturated heterocycles. The Bertz CT molecular complexity index is 606. The van der Waals surface area contributed by atoms with E-state index in [1.54, 1.807) is 0 Å². The van der Waals surface area contributed by atoms with Gasteiger partial charge in [-0.05, 0) is 31.4 Å². The molecule has 2 aromatic rings. The molecule has 0 bridgehead atoms. The molecular formula is C16H21ClN2O2. The maximum absolute atomic E-state index is 6.11. The van der Waals surface area contributed by atoms with E-state index in [2.05, 4.69) is 17.6 Å². The summed E-state index contributed by atoms with van der Waals surface area (Å²) in [5.41, 5.74) is 2.00. The van der Waals surface area contributed by atoms with Crippen LogP contribution in [0.25, 0.3) is 11.0 Å². The number of alkyl halides is 1. The fraction of sp³-hybridized carbons (Fsp3) is 0.562. The fourth-order valence-electron chi connectivity index (χ4n) is 2.90. The zero-order valence-electron chi connectivity index (χ0n) is 12.3. The predicted molar refractivity (Wildman–Crippen MR) is 84.2 cm³/mol. The Morgan fingerprint density at radius 1 is 1.48 bits per heavy atom. The first-order valence-electron chi connectivity index (χ1n) is 7.61. The molecule has 1 aliphatic heterocycles. The van der Waals surface area contributed by atoms with Crippen molar-refractivity contribution in [1.82, 2.24) is 9.55 Å². The molecule has 1 unspecified atom stereocenters. The Morgan fingerprint density at radius 2 is 2.38 bits per heavy atom. The SMILES string of the molecule is CCCOc1cccc2c1nc(CCl)n2C1CCCOC1. The number of benzene rings is 1. The van der Waals surface area contributed by atoms with Crippen molar-refractivity contribution >= 4 is 22.6 Å². The molecule has 1 aliphatic rings. The highest BCUT2D eigenvalue weighted by Crippen LogP contribution is 2.32. The normalized spacial score (nSPS) is 19.0. The number of hydrogen-bond donors (Lipinski definition) is 0. The summed E-state index contributed by atoms with van der Waals surface area (Å²) in [6.45, 7) is 4.39. The highest BCUT2D eigenvalue weighted by molar-refractivity contribution is 6.16. The van der Waals surface area contributed by atoms with Gasteiger partial charge in [0.25, 0.3) is 0 Å². The van der Waals surface area contributed by atoms with Crippen molar-refractivity contribution in [2.75, 3.05) is 19.8 Å². The van der Waals surface area contributed by atoms with Crippen LogP contribution < -0.4 is 4.74 Å². The predicted octanol–water partition coefficient (Wildman–Crippen LogP) is 3.92. The Morgan fingerprint density at radius 3 is 3.10 bits per heavy atom. The molecule has 5 heteroatoms. The summed E-state index contributed by atoms with van der Waals surface area (Å²) >= 11 is 6.11. The van der Waals surface area contributed by atoms with Gasteiger partial charge in [-0.3, -0.25) is 0 Å². The van der Waals surface area contributed by atoms with E-state index in [0.29, 0.717) is 18.5 Å². The van der Waals surface area contributed by atoms with Crippen LogP contribution in [0.5, 0.6) is 5.75 Å². The van der Waals surface area contributed by atoms with Crippen LogP contribution in [0.4, 0.5) is 0 Å². The lowest BCUT2D eigenvalue weighted by Gasteiger charge is -2.25. The minimum absolute atomic E-state index is 0.318. The number of rotatable bonds is 5. The molecule has 0 saturated carbocycles. The first kappa shape index (κ1) is 14.7. The number of para-hydroxylation sites is 1. The minimum Gasteiger partial charge on any atom is -0.491 e. The molecule has 0 radical (unpaired) electrons. The number of ether oxygens (including phenoxy) is 2. The molecule has 0 spiro atoms. The fourth-order valence-corrected chi connectivity index (χ4v) is 3.09. The molecule has 0 aliphatic carbocycles. The van der Waals surface area contributed by atoms with Crippen molar-refractivity contribution in [3.63, 3.8) is 0 Å². The number of nitrogens with zero attached hydrogens (tertiary/aromatic N) is 2. The van der Waals surface area contributed by atoms with Gasteiger partial charge in [-0.2, -0.15) is 0 Å². The summed E-state index contributed by atoms with van der Waals surface area (Å²) in [6.07, 6.45) is 3.17. The van der Waals surface area contributed by atoms with Crippen molar-refractivity contribution in [3.05, 3.63) is 24.0 Å². The molecule has 114 valence electrons. The van der Waals surface area contributed by atoms with Gasteiger partial charge in [-0.15, -0.1) is 11.6 Å². The topological polar surface area (TPSA) is 36.3 Å². The first-order valence-corrected chi connectivity index (χ1v) is 8.15. The second-order valence-corrected chi connectivity index (χ2v) is 5.64. The number of imidazole rings is 1. The van der Waals surface area contributed by atoms with Crippen molar-refractivity contribution in [1.29, 1.82) is 0 Å². The van der Waals surface area contributed by atoms with E-state index in [1.807, 2.05) is 12.1 Å². The van der Waals surface area contributed by atoms with E-state index >= 15 is 0 Å². The summed E-state index contributed by atoms with van der Waals surface area (Å²) in [7, 11) is 0. The minimum atomic E-state index is 0.318. The van der Waals surface area contributed by atoms with Crippen LogP contribution in [0.15, 0.2) is 18.2 Å². The van der Waals surface area contributed by atoms with Crippen molar-refractivity contribution in [3.8, 4) is 5.75 Å². The third-order valence-corrected chi connectivity index (χ3v) is 4.08. The lowest BCUT2D eigenvalue weighted by molar-refractivity contribution is 0.0597. The Labute approximate surface area is 130 Å². The Hall–Kier alpha value is -1.26. The zero-order chi connectivity index (χ0) is 14.7. The van der Waals surface area contributed by atoms with Gasteiger partial charge in [0.05, 0.1) is 30.7 Å². The standard InChI is InChI=1S/C16H21ClN2O2/c1-2-8-21-14-7-3-6-13-16(14)18-15(10-17)19(13)12-5-4-9-20-11-12/h3,6-7,12H,2,4-5,8-11H2,1H3. The van der Waals surface area contributed by atoms with Gasteiger partial charge in [0.15, 0.2) is 0 Å². The van der Waals surface area contributed by atoms with Crippen LogP contribution in [-0.4, -0.2) is 29.4 Å². The van der Waals surface area contributed by atoms with E-state index in [9.17, 15) is 0 Å². The molecule has 1 aromatic heterocycles. The van der Waals surface area contributed by atoms with Gasteiger partial charge < -0.3 is 14.0 Å². The average molecular weight is 309 g/mol. The van der Waals surface area contributed by atoms with Crippen LogP contribution in [0, 0.1) is 0 Å². The van der Waals surface area contributed by atoms with E-state index in [1.165, 1.54) is 0 Å². The second-order valence-electron chi connectivity index (χ2n) is 5.37. The quantitative estimate of drug-likeness (QED) is 0.786. The van der Waals surface area contributed by atoms with E-state index < -0.39 is 0 Å². The molecule has 1 aromatic carbocycles. The molecular weight excluding hydrogens is 288 g/mol. The largest absolute Gasteiger partial charge is 0.491 e. The van der Waals surface area contributed by atoms with E-state index in [-0.39, 0.29) is 0 Å². The van der Waals surface area contributed by atoms with Crippen LogP contribution in [0.1, 0.15) is 38.1 Å². The molecule has 2 heterocycles. The summed E-state index contributed by atoms with van der Waals surface area (Å²) in [6, 6.07) is 6.41. The monoisotopic (exact) mass is 308 g/mol. The van der Waals surface area contributed by atoms with Crippen molar-refractivity contribution < 1.29 is 9.47 Å². The summed E-state index contributed by atoms with van der Waals surface area (Å²) in [4.78, 5) is 4.71. The maximum Gasteiger partial charge on any atom is 0.147 e. The Balaban J connectivity index is 2.05. The smallest absolute Gasteiger partial charge is 0.147 e. The highest BCUT2D eigenvalue weighted by atomic mass is 35.5. The zero-order valence-corrected chi connectivity index (χ0v) is 13.1. The van der Waals surface area contributed by atoms with Crippen molar-refractivity contribution in [2.24, 2.45) is 0 Å². The van der Waals surface area contributed by atoms with Gasteiger partial charge in [-0.1, -0.05) is 13.0 Å². The summed E-state index contributed by atoms with van der Waals surface area (Å²) in [5.74, 6) is 2.14. The number of aromatic nitrogens is 2. The van der Waals surface area contributed by atoms with Crippen LogP contribution in [-0.2, 0) is 10.6 Å². The molecule has 1 atom stereocenters. The van der Waals surface area contributed by atoms with Gasteiger partial charge >= 0.3 is 0 Å². The van der Waals surface area contributed by atoms with Crippen LogP contribution in [0.3, 0.4) is 0 Å². The number of fused-ring (bicyclic) bond motifs is 1. The molecule has 21 heavy (non-hydrogen) atoms. The van der Waals surface area contributed by atoms with E-state index in [4.69, 9.17) is 26.1 Å². The Kier molecular flexibility index (Phi) is 4.66. The second kappa shape index (κ2) is 6.67. The van der Waals surface area contributed by atoms with E-state index in [0.717, 1.165) is 55.1 Å². The van der Waals surface area contributed by atoms with Crippen LogP contribution in [0.2, 0.25) is 0 Å². The summed E-state index contributed by atoms with van der Waals surface area (Å²) in [5, 5.41) is 0. The summed E-state index contributed by atoms with van der Waals surface area (Å²) < 4.78 is 13.7. The van der Waals surface area contributed by atoms with Gasteiger partial charge in [-0.25, -0.2) is 4.98 Å². The van der Waals surface area contributed by atoms with Crippen molar-refractivity contribution in [2.45, 2.75) is 38.1 Å². The molecule has 0 amide bonds. The number of halogens is 1. The maximum atomic E-state index is 6.11. The van der Waals surface area contributed by atoms with Gasteiger partial charge in [0.2, 0.25) is 0 Å². The number of hydrogen-bond acceptors (Lipinski definition) is 3.